The van der Waals surface area contributed by atoms with E-state index in [1.54, 1.807) is 4.90 Å². The number of carbonyl (C=O) groups is 1. The number of ether oxygens (including phenoxy) is 1. The molecule has 0 unspecified atom stereocenters. The van der Waals surface area contributed by atoms with Crippen molar-refractivity contribution in [2.45, 2.75) is 122 Å². The maximum Gasteiger partial charge on any atom is 0.286 e. The maximum atomic E-state index is 13.9. The average Bonchev–Trinajstić information content (AvgIpc) is 2.83. The molecule has 1 heterocycles. The molecule has 0 radical (unpaired) electrons. The fourth-order valence-corrected chi connectivity index (χ4v) is 12.1. The quantitative estimate of drug-likeness (QED) is 0.149. The van der Waals surface area contributed by atoms with Gasteiger partial charge in [0.25, 0.3) is 19.9 Å². The lowest BCUT2D eigenvalue weighted by molar-refractivity contribution is -0.385. The van der Waals surface area contributed by atoms with Crippen molar-refractivity contribution in [1.82, 2.24) is 4.90 Å². The fourth-order valence-electron chi connectivity index (χ4n) is 5.77. The number of nitro groups is 1. The molecule has 1 saturated heterocycles. The molecule has 1 aliphatic heterocycles. The van der Waals surface area contributed by atoms with Crippen LogP contribution in [0.4, 0.5) is 5.69 Å². The fraction of sp³-hybridized carbons (Fsp3) is 0.759. The van der Waals surface area contributed by atoms with E-state index in [2.05, 4.69) is 75.4 Å². The first-order chi connectivity index (χ1) is 17.9. The van der Waals surface area contributed by atoms with Gasteiger partial charge in [-0.25, -0.2) is 0 Å². The molecule has 1 fully saturated rings. The van der Waals surface area contributed by atoms with Crippen molar-refractivity contribution in [1.29, 1.82) is 0 Å². The van der Waals surface area contributed by atoms with E-state index in [4.69, 9.17) is 13.6 Å². The minimum Gasteiger partial charge on any atom is -0.540 e. The highest BCUT2D eigenvalue weighted by atomic mass is 28.4. The molecular formula is C29H52N2O6Si2. The first kappa shape index (κ1) is 33.3. The monoisotopic (exact) mass is 580 g/mol. The van der Waals surface area contributed by atoms with Crippen LogP contribution in [0.15, 0.2) is 12.1 Å². The SMILES string of the molecule is COc1cc(C(=O)N2CCCC[C@H]2CO[Si](C)(C)C(C)(C)C)c([N+](=O)[O-])cc1O[Si](C(C)C)(C(C)C)C(C)C. The molecule has 10 heteroatoms. The van der Waals surface area contributed by atoms with E-state index in [1.807, 2.05) is 0 Å². The first-order valence-electron chi connectivity index (χ1n) is 14.4. The van der Waals surface area contributed by atoms with Gasteiger partial charge in [-0.2, -0.15) is 0 Å². The van der Waals surface area contributed by atoms with Crippen molar-refractivity contribution in [3.8, 4) is 11.5 Å². The predicted molar refractivity (Wildman–Crippen MR) is 163 cm³/mol. The number of amides is 1. The molecule has 0 N–H and O–H groups in total. The minimum atomic E-state index is -2.42. The summed E-state index contributed by atoms with van der Waals surface area (Å²) in [6.45, 7) is 24.9. The second kappa shape index (κ2) is 12.7. The number of hydrogen-bond donors (Lipinski definition) is 0. The molecule has 2 rings (SSSR count). The Kier molecular flexibility index (Phi) is 10.9. The third kappa shape index (κ3) is 7.05. The van der Waals surface area contributed by atoms with Crippen LogP contribution in [0.5, 0.6) is 11.5 Å². The summed E-state index contributed by atoms with van der Waals surface area (Å²) in [6.07, 6.45) is 2.68. The molecule has 0 saturated carbocycles. The zero-order valence-electron chi connectivity index (χ0n) is 26.3. The Bertz CT molecular complexity index is 998. The van der Waals surface area contributed by atoms with E-state index in [0.29, 0.717) is 24.7 Å². The number of rotatable bonds is 11. The highest BCUT2D eigenvalue weighted by Crippen LogP contribution is 2.46. The van der Waals surface area contributed by atoms with Crippen molar-refractivity contribution in [2.24, 2.45) is 0 Å². The molecule has 39 heavy (non-hydrogen) atoms. The Labute approximate surface area is 238 Å². The number of hydrogen-bond acceptors (Lipinski definition) is 6. The van der Waals surface area contributed by atoms with Gasteiger partial charge < -0.3 is 18.5 Å². The smallest absolute Gasteiger partial charge is 0.286 e. The van der Waals surface area contributed by atoms with E-state index in [1.165, 1.54) is 19.2 Å². The van der Waals surface area contributed by atoms with Gasteiger partial charge in [-0.15, -0.1) is 0 Å². The second-order valence-electron chi connectivity index (χ2n) is 13.4. The van der Waals surface area contributed by atoms with Gasteiger partial charge >= 0.3 is 0 Å². The first-order valence-corrected chi connectivity index (χ1v) is 19.5. The maximum absolute atomic E-state index is 13.9. The summed E-state index contributed by atoms with van der Waals surface area (Å²) in [6, 6.07) is 2.80. The van der Waals surface area contributed by atoms with Gasteiger partial charge in [-0.1, -0.05) is 62.3 Å². The normalized spacial score (nSPS) is 17.2. The molecule has 1 amide bonds. The molecule has 1 aromatic rings. The number of likely N-dealkylation sites (tertiary alicyclic amines) is 1. The van der Waals surface area contributed by atoms with E-state index in [0.717, 1.165) is 19.3 Å². The summed E-state index contributed by atoms with van der Waals surface area (Å²) in [5, 5.41) is 12.4. The lowest BCUT2D eigenvalue weighted by Gasteiger charge is -2.42. The molecule has 1 aromatic carbocycles. The number of nitrogens with zero attached hydrogens (tertiary/aromatic N) is 2. The largest absolute Gasteiger partial charge is 0.540 e. The van der Waals surface area contributed by atoms with E-state index >= 15 is 0 Å². The summed E-state index contributed by atoms with van der Waals surface area (Å²) in [5.74, 6) is 0.351. The number of nitro benzene ring substituents is 1. The Balaban J connectivity index is 2.52. The third-order valence-electron chi connectivity index (χ3n) is 9.03. The molecule has 0 spiro atoms. The van der Waals surface area contributed by atoms with Crippen LogP contribution in [-0.2, 0) is 4.43 Å². The van der Waals surface area contributed by atoms with Crippen molar-refractivity contribution in [3.63, 3.8) is 0 Å². The van der Waals surface area contributed by atoms with Gasteiger partial charge in [0.05, 0.1) is 30.7 Å². The second-order valence-corrected chi connectivity index (χ2v) is 23.6. The van der Waals surface area contributed by atoms with Crippen molar-refractivity contribution >= 4 is 28.2 Å². The van der Waals surface area contributed by atoms with E-state index in [-0.39, 0.29) is 44.9 Å². The van der Waals surface area contributed by atoms with Gasteiger partial charge in [-0.3, -0.25) is 14.9 Å². The molecule has 1 aliphatic rings. The Morgan fingerprint density at radius 2 is 1.62 bits per heavy atom. The van der Waals surface area contributed by atoms with Crippen molar-refractivity contribution in [2.75, 3.05) is 20.3 Å². The molecule has 1 atom stereocenters. The number of methoxy groups -OCH3 is 1. The van der Waals surface area contributed by atoms with Gasteiger partial charge in [-0.05, 0) is 54.0 Å². The number of benzene rings is 1. The average molecular weight is 581 g/mol. The van der Waals surface area contributed by atoms with Crippen LogP contribution in [0.25, 0.3) is 0 Å². The summed E-state index contributed by atoms with van der Waals surface area (Å²) in [5.41, 5.74) is 0.617. The molecular weight excluding hydrogens is 528 g/mol. The van der Waals surface area contributed by atoms with E-state index < -0.39 is 21.6 Å². The van der Waals surface area contributed by atoms with Gasteiger partial charge in [0.2, 0.25) is 0 Å². The van der Waals surface area contributed by atoms with Crippen LogP contribution in [0.1, 0.15) is 91.9 Å². The zero-order chi connectivity index (χ0) is 29.9. The van der Waals surface area contributed by atoms with Crippen LogP contribution in [0, 0.1) is 10.1 Å². The summed E-state index contributed by atoms with van der Waals surface area (Å²) < 4.78 is 18.9. The molecule has 0 bridgehead atoms. The van der Waals surface area contributed by atoms with Crippen LogP contribution in [-0.4, -0.2) is 58.7 Å². The Morgan fingerprint density at radius 3 is 2.08 bits per heavy atom. The number of carbonyl (C=O) groups excluding carboxylic acids is 1. The number of piperidine rings is 1. The van der Waals surface area contributed by atoms with Crippen molar-refractivity contribution < 1.29 is 23.3 Å². The molecule has 0 aromatic heterocycles. The summed E-state index contributed by atoms with van der Waals surface area (Å²) in [4.78, 5) is 27.5. The predicted octanol–water partition coefficient (Wildman–Crippen LogP) is 8.17. The molecule has 8 nitrogen and oxygen atoms in total. The topological polar surface area (TPSA) is 91.1 Å². The zero-order valence-corrected chi connectivity index (χ0v) is 28.3. The van der Waals surface area contributed by atoms with Crippen LogP contribution in [0.2, 0.25) is 34.8 Å². The van der Waals surface area contributed by atoms with E-state index in [9.17, 15) is 14.9 Å². The highest BCUT2D eigenvalue weighted by Gasteiger charge is 2.48. The van der Waals surface area contributed by atoms with Crippen molar-refractivity contribution in [3.05, 3.63) is 27.8 Å². The Hall–Kier alpha value is -1.92. The molecule has 222 valence electrons. The molecule has 0 aliphatic carbocycles. The van der Waals surface area contributed by atoms with Crippen LogP contribution < -0.4 is 9.16 Å². The van der Waals surface area contributed by atoms with Gasteiger partial charge in [0.15, 0.2) is 19.8 Å². The van der Waals surface area contributed by atoms with Crippen LogP contribution in [0.3, 0.4) is 0 Å². The summed E-state index contributed by atoms with van der Waals surface area (Å²) >= 11 is 0. The third-order valence-corrected chi connectivity index (χ3v) is 19.5. The summed E-state index contributed by atoms with van der Waals surface area (Å²) in [7, 11) is -2.91. The minimum absolute atomic E-state index is 0.0364. The van der Waals surface area contributed by atoms with Gasteiger partial charge in [0, 0.05) is 12.6 Å². The lowest BCUT2D eigenvalue weighted by atomic mass is 10.0. The highest BCUT2D eigenvalue weighted by molar-refractivity contribution is 6.78. The Morgan fingerprint density at radius 1 is 1.05 bits per heavy atom. The lowest BCUT2D eigenvalue weighted by Crippen LogP contribution is -2.51. The van der Waals surface area contributed by atoms with Crippen LogP contribution >= 0.6 is 0 Å². The standard InChI is InChI=1S/C29H52N2O6Si2/c1-20(2)39(21(3)4,22(5)6)37-27-18-25(31(33)34)24(17-26(27)35-10)28(32)30-16-14-13-15-23(30)19-36-38(11,12)29(7,8)9/h17-18,20-23H,13-16,19H2,1-12H3/t23-/m0/s1. The van der Waals surface area contributed by atoms with Gasteiger partial charge in [0.1, 0.15) is 5.56 Å².